The average molecular weight is 578 g/mol. The number of esters is 1. The SMILES string of the molecule is O=C(C[N+]12CCC(CC1)C(OC(=O)C1(c3ccccc3)CCCCCC1)C2)N(F)c1cccc(F)c1.[Br-]. The number of piperidine rings is 3. The Bertz CT molecular complexity index is 1080. The highest BCUT2D eigenvalue weighted by molar-refractivity contribution is 5.92. The van der Waals surface area contributed by atoms with Crippen LogP contribution < -0.4 is 22.1 Å². The number of nitrogens with zero attached hydrogens (tertiary/aromatic N) is 2. The molecule has 8 heteroatoms. The number of quaternary nitrogens is 1. The number of halogens is 3. The maximum atomic E-state index is 14.8. The van der Waals surface area contributed by atoms with Crippen LogP contribution in [0.2, 0.25) is 0 Å². The zero-order valence-electron chi connectivity index (χ0n) is 21.1. The molecular weight excluding hydrogens is 542 g/mol. The van der Waals surface area contributed by atoms with E-state index in [-0.39, 0.29) is 52.3 Å². The molecule has 37 heavy (non-hydrogen) atoms. The molecule has 1 aliphatic carbocycles. The first-order valence-electron chi connectivity index (χ1n) is 13.3. The third kappa shape index (κ3) is 5.75. The number of rotatable bonds is 6. The van der Waals surface area contributed by atoms with Crippen LogP contribution in [-0.2, 0) is 19.7 Å². The van der Waals surface area contributed by atoms with Gasteiger partial charge < -0.3 is 26.2 Å². The molecule has 1 saturated carbocycles. The summed E-state index contributed by atoms with van der Waals surface area (Å²) in [5.41, 5.74) is 0.295. The van der Waals surface area contributed by atoms with E-state index < -0.39 is 17.1 Å². The first-order valence-corrected chi connectivity index (χ1v) is 13.3. The van der Waals surface area contributed by atoms with Crippen LogP contribution in [-0.4, -0.2) is 48.6 Å². The second-order valence-corrected chi connectivity index (χ2v) is 10.9. The molecular formula is C29H35BrF2N2O3. The van der Waals surface area contributed by atoms with Crippen LogP contribution >= 0.6 is 0 Å². The Kier molecular flexibility index (Phi) is 8.69. The molecule has 200 valence electrons. The number of carbonyl (C=O) groups excluding carboxylic acids is 2. The van der Waals surface area contributed by atoms with Crippen LogP contribution in [0.3, 0.4) is 0 Å². The quantitative estimate of drug-likeness (QED) is 0.230. The fourth-order valence-electron chi connectivity index (χ4n) is 6.62. The van der Waals surface area contributed by atoms with Crippen molar-refractivity contribution < 1.29 is 44.7 Å². The molecule has 3 saturated heterocycles. The normalized spacial score (nSPS) is 26.4. The third-order valence-electron chi connectivity index (χ3n) is 8.70. The number of hydrogen-bond acceptors (Lipinski definition) is 3. The van der Waals surface area contributed by atoms with Crippen molar-refractivity contribution in [2.24, 2.45) is 5.92 Å². The number of fused-ring (bicyclic) bond motifs is 3. The summed E-state index contributed by atoms with van der Waals surface area (Å²) in [6.07, 6.45) is 7.23. The minimum Gasteiger partial charge on any atom is -1.00 e. The second-order valence-electron chi connectivity index (χ2n) is 10.9. The number of anilines is 1. The summed E-state index contributed by atoms with van der Waals surface area (Å²) >= 11 is 0. The van der Waals surface area contributed by atoms with Gasteiger partial charge in [0, 0.05) is 24.8 Å². The minimum atomic E-state index is -0.699. The lowest BCUT2D eigenvalue weighted by molar-refractivity contribution is -0.939. The number of benzene rings is 2. The largest absolute Gasteiger partial charge is 1.00 e. The van der Waals surface area contributed by atoms with Gasteiger partial charge in [-0.15, -0.1) is 5.12 Å². The first-order chi connectivity index (χ1) is 17.4. The van der Waals surface area contributed by atoms with Crippen molar-refractivity contribution in [1.29, 1.82) is 0 Å². The first kappa shape index (κ1) is 27.7. The highest BCUT2D eigenvalue weighted by Gasteiger charge is 2.51. The smallest absolute Gasteiger partial charge is 0.317 e. The lowest BCUT2D eigenvalue weighted by Crippen LogP contribution is -3.00. The van der Waals surface area contributed by atoms with E-state index in [0.717, 1.165) is 76.1 Å². The van der Waals surface area contributed by atoms with Crippen molar-refractivity contribution in [3.05, 3.63) is 66.0 Å². The molecule has 0 aromatic heterocycles. The van der Waals surface area contributed by atoms with Gasteiger partial charge in [0.25, 0.3) is 0 Å². The molecule has 2 aromatic rings. The second kappa shape index (κ2) is 11.6. The molecule has 3 aliphatic heterocycles. The van der Waals surface area contributed by atoms with Gasteiger partial charge in [0.15, 0.2) is 12.6 Å². The van der Waals surface area contributed by atoms with Crippen LogP contribution in [0.15, 0.2) is 54.6 Å². The van der Waals surface area contributed by atoms with Crippen LogP contribution in [0.5, 0.6) is 0 Å². The Balaban J connectivity index is 0.00000320. The van der Waals surface area contributed by atoms with Gasteiger partial charge in [-0.25, -0.2) is 4.39 Å². The summed E-state index contributed by atoms with van der Waals surface area (Å²) in [7, 11) is 0. The Hall–Kier alpha value is -2.32. The van der Waals surface area contributed by atoms with Crippen LogP contribution in [0.1, 0.15) is 56.9 Å². The molecule has 0 spiro atoms. The molecule has 6 rings (SSSR count). The van der Waals surface area contributed by atoms with E-state index in [1.54, 1.807) is 0 Å². The Morgan fingerprint density at radius 1 is 0.973 bits per heavy atom. The predicted molar refractivity (Wildman–Crippen MR) is 133 cm³/mol. The Labute approximate surface area is 228 Å². The Morgan fingerprint density at radius 2 is 1.65 bits per heavy atom. The Morgan fingerprint density at radius 3 is 2.30 bits per heavy atom. The van der Waals surface area contributed by atoms with Gasteiger partial charge in [0.1, 0.15) is 12.4 Å². The van der Waals surface area contributed by atoms with Crippen molar-refractivity contribution >= 4 is 17.6 Å². The minimum absolute atomic E-state index is 0. The molecule has 2 bridgehead atoms. The van der Waals surface area contributed by atoms with E-state index in [1.807, 2.05) is 30.3 Å². The summed E-state index contributed by atoms with van der Waals surface area (Å²) in [5, 5.41) is 0.0493. The molecule has 0 N–H and O–H groups in total. The van der Waals surface area contributed by atoms with E-state index in [1.165, 1.54) is 18.2 Å². The molecule has 1 atom stereocenters. The number of amides is 1. The average Bonchev–Trinajstić information content (AvgIpc) is 3.16. The van der Waals surface area contributed by atoms with Gasteiger partial charge in [-0.3, -0.25) is 9.59 Å². The van der Waals surface area contributed by atoms with E-state index >= 15 is 0 Å². The van der Waals surface area contributed by atoms with Gasteiger partial charge >= 0.3 is 11.9 Å². The summed E-state index contributed by atoms with van der Waals surface area (Å²) in [6.45, 7) is 2.00. The number of carbonyl (C=O) groups is 2. The zero-order chi connectivity index (χ0) is 25.2. The maximum Gasteiger partial charge on any atom is 0.317 e. The van der Waals surface area contributed by atoms with Gasteiger partial charge in [-0.05, 0) is 30.5 Å². The number of hydrogen-bond donors (Lipinski definition) is 0. The van der Waals surface area contributed by atoms with Gasteiger partial charge in [-0.1, -0.05) is 66.6 Å². The fourth-order valence-corrected chi connectivity index (χ4v) is 6.62. The highest BCUT2D eigenvalue weighted by Crippen LogP contribution is 2.42. The van der Waals surface area contributed by atoms with Gasteiger partial charge in [-0.2, -0.15) is 0 Å². The van der Waals surface area contributed by atoms with Crippen LogP contribution in [0.4, 0.5) is 14.6 Å². The molecule has 5 nitrogen and oxygen atoms in total. The monoisotopic (exact) mass is 576 g/mol. The molecule has 1 amide bonds. The van der Waals surface area contributed by atoms with E-state index in [4.69, 9.17) is 4.74 Å². The number of ether oxygens (including phenoxy) is 1. The molecule has 0 radical (unpaired) electrons. The standard InChI is InChI=1S/C29H35F2N2O3.BrH/c30-24-11-8-12-25(19-24)32(31)27(34)21-33-17-13-22(14-18-33)26(20-33)36-28(35)29(15-6-1-2-7-16-29)23-9-4-3-5-10-23;/h3-5,8-12,19,22,26H,1-2,6-7,13-18,20-21H2;1H/q+1;/p-1. The summed E-state index contributed by atoms with van der Waals surface area (Å²) in [6, 6.07) is 15.0. The molecule has 4 fully saturated rings. The zero-order valence-corrected chi connectivity index (χ0v) is 22.7. The highest BCUT2D eigenvalue weighted by atomic mass is 79.9. The summed E-state index contributed by atoms with van der Waals surface area (Å²) in [5.74, 6) is -1.17. The van der Waals surface area contributed by atoms with Crippen molar-refractivity contribution in [3.63, 3.8) is 0 Å². The van der Waals surface area contributed by atoms with Crippen molar-refractivity contribution in [2.45, 2.75) is 62.9 Å². The van der Waals surface area contributed by atoms with Crippen molar-refractivity contribution in [2.75, 3.05) is 31.3 Å². The third-order valence-corrected chi connectivity index (χ3v) is 8.70. The maximum absolute atomic E-state index is 14.8. The van der Waals surface area contributed by atoms with E-state index in [9.17, 15) is 18.5 Å². The van der Waals surface area contributed by atoms with Gasteiger partial charge in [0.2, 0.25) is 0 Å². The lowest BCUT2D eigenvalue weighted by Gasteiger charge is -2.52. The lowest BCUT2D eigenvalue weighted by atomic mass is 9.74. The van der Waals surface area contributed by atoms with Crippen LogP contribution in [0, 0.1) is 11.7 Å². The molecule has 3 heterocycles. The van der Waals surface area contributed by atoms with Crippen molar-refractivity contribution in [1.82, 2.24) is 0 Å². The predicted octanol–water partition coefficient (Wildman–Crippen LogP) is 2.49. The van der Waals surface area contributed by atoms with Crippen LogP contribution in [0.25, 0.3) is 0 Å². The fraction of sp³-hybridized carbons (Fsp3) is 0.517. The summed E-state index contributed by atoms with van der Waals surface area (Å²) < 4.78 is 35.1. The van der Waals surface area contributed by atoms with E-state index in [0.29, 0.717) is 11.0 Å². The molecule has 4 aliphatic rings. The van der Waals surface area contributed by atoms with E-state index in [2.05, 4.69) is 0 Å². The topological polar surface area (TPSA) is 46.6 Å². The molecule has 2 aromatic carbocycles. The van der Waals surface area contributed by atoms with Crippen molar-refractivity contribution in [3.8, 4) is 0 Å². The summed E-state index contributed by atoms with van der Waals surface area (Å²) in [4.78, 5) is 26.7. The van der Waals surface area contributed by atoms with Gasteiger partial charge in [0.05, 0.1) is 24.2 Å². The molecule has 1 unspecified atom stereocenters.